The summed E-state index contributed by atoms with van der Waals surface area (Å²) in [5.74, 6) is 2.36. The fraction of sp³-hybridized carbons (Fsp3) is 0.118. The molecule has 0 spiro atoms. The molecule has 0 saturated heterocycles. The number of ether oxygens (including phenoxy) is 2. The predicted molar refractivity (Wildman–Crippen MR) is 93.8 cm³/mol. The van der Waals surface area contributed by atoms with Crippen LogP contribution in [0.1, 0.15) is 11.4 Å². The molecule has 1 aliphatic rings. The van der Waals surface area contributed by atoms with E-state index in [2.05, 4.69) is 20.4 Å². The highest BCUT2D eigenvalue weighted by atomic mass is 35.5. The molecule has 126 valence electrons. The van der Waals surface area contributed by atoms with Gasteiger partial charge in [-0.05, 0) is 35.9 Å². The lowest BCUT2D eigenvalue weighted by Gasteiger charge is -2.10. The Kier molecular flexibility index (Phi) is 3.99. The number of aromatic nitrogens is 2. The van der Waals surface area contributed by atoms with Crippen molar-refractivity contribution in [3.05, 3.63) is 52.8 Å². The van der Waals surface area contributed by atoms with Crippen LogP contribution in [0.25, 0.3) is 10.9 Å². The van der Waals surface area contributed by atoms with Crippen molar-refractivity contribution in [1.29, 1.82) is 0 Å². The van der Waals surface area contributed by atoms with Crippen LogP contribution < -0.4 is 14.8 Å². The Labute approximate surface area is 147 Å². The third-order valence-electron chi connectivity index (χ3n) is 3.75. The second-order valence-corrected chi connectivity index (χ2v) is 5.81. The summed E-state index contributed by atoms with van der Waals surface area (Å²) >= 11 is 6.09. The lowest BCUT2D eigenvalue weighted by Crippen LogP contribution is -2.05. The number of hydrogen-bond donors (Lipinski definition) is 2. The van der Waals surface area contributed by atoms with Crippen molar-refractivity contribution in [2.45, 2.75) is 6.54 Å². The van der Waals surface area contributed by atoms with Crippen LogP contribution in [0.15, 0.2) is 41.6 Å². The summed E-state index contributed by atoms with van der Waals surface area (Å²) in [7, 11) is 0. The van der Waals surface area contributed by atoms with Gasteiger partial charge >= 0.3 is 0 Å². The fourth-order valence-electron chi connectivity index (χ4n) is 2.60. The van der Waals surface area contributed by atoms with Crippen LogP contribution in [0, 0.1) is 0 Å². The number of anilines is 1. The molecule has 0 bridgehead atoms. The lowest BCUT2D eigenvalue weighted by molar-refractivity contribution is 0.174. The van der Waals surface area contributed by atoms with Gasteiger partial charge in [0.1, 0.15) is 12.0 Å². The van der Waals surface area contributed by atoms with Crippen LogP contribution in [0.3, 0.4) is 0 Å². The molecular weight excluding hydrogens is 344 g/mol. The van der Waals surface area contributed by atoms with E-state index < -0.39 is 0 Å². The Morgan fingerprint density at radius 2 is 2.04 bits per heavy atom. The number of benzene rings is 2. The van der Waals surface area contributed by atoms with E-state index in [0.717, 1.165) is 22.4 Å². The van der Waals surface area contributed by atoms with Gasteiger partial charge in [0.2, 0.25) is 6.79 Å². The van der Waals surface area contributed by atoms with Gasteiger partial charge in [0, 0.05) is 17.0 Å². The quantitative estimate of drug-likeness (QED) is 0.423. The maximum absolute atomic E-state index is 8.75. The minimum absolute atomic E-state index is 0.241. The van der Waals surface area contributed by atoms with Crippen LogP contribution in [-0.4, -0.2) is 28.2 Å². The first-order chi connectivity index (χ1) is 12.2. The third-order valence-corrected chi connectivity index (χ3v) is 3.98. The molecular formula is C17H13ClN4O3. The minimum atomic E-state index is 0.241. The van der Waals surface area contributed by atoms with Gasteiger partial charge in [-0.2, -0.15) is 0 Å². The molecule has 0 atom stereocenters. The zero-order valence-corrected chi connectivity index (χ0v) is 13.7. The van der Waals surface area contributed by atoms with E-state index in [-0.39, 0.29) is 6.79 Å². The van der Waals surface area contributed by atoms with Crippen molar-refractivity contribution < 1.29 is 14.7 Å². The molecule has 2 aromatic carbocycles. The Morgan fingerprint density at radius 3 is 2.92 bits per heavy atom. The second-order valence-electron chi connectivity index (χ2n) is 5.38. The number of nitrogens with one attached hydrogen (secondary N) is 1. The molecule has 1 aliphatic heterocycles. The van der Waals surface area contributed by atoms with Crippen LogP contribution in [0.2, 0.25) is 5.02 Å². The van der Waals surface area contributed by atoms with Gasteiger partial charge in [-0.3, -0.25) is 0 Å². The SMILES string of the molecule is O/N=C\c1nc(NCc2ccc3c(c2)OCO3)c2cc(Cl)ccc2n1. The highest BCUT2D eigenvalue weighted by Gasteiger charge is 2.13. The summed E-state index contributed by atoms with van der Waals surface area (Å²) in [5, 5.41) is 16.4. The maximum Gasteiger partial charge on any atom is 0.231 e. The molecule has 0 aliphatic carbocycles. The highest BCUT2D eigenvalue weighted by Crippen LogP contribution is 2.33. The van der Waals surface area contributed by atoms with E-state index in [9.17, 15) is 0 Å². The predicted octanol–water partition coefficient (Wildman–Crippen LogP) is 3.43. The van der Waals surface area contributed by atoms with Crippen molar-refractivity contribution in [1.82, 2.24) is 9.97 Å². The van der Waals surface area contributed by atoms with Gasteiger partial charge in [-0.15, -0.1) is 0 Å². The van der Waals surface area contributed by atoms with Gasteiger partial charge in [0.25, 0.3) is 0 Å². The summed E-state index contributed by atoms with van der Waals surface area (Å²) in [6.07, 6.45) is 1.18. The van der Waals surface area contributed by atoms with Gasteiger partial charge in [0.15, 0.2) is 17.3 Å². The minimum Gasteiger partial charge on any atom is -0.454 e. The largest absolute Gasteiger partial charge is 0.454 e. The molecule has 4 rings (SSSR count). The number of hydrogen-bond acceptors (Lipinski definition) is 7. The van der Waals surface area contributed by atoms with Gasteiger partial charge in [-0.25, -0.2) is 9.97 Å². The molecule has 0 radical (unpaired) electrons. The Balaban J connectivity index is 1.66. The Hall–Kier alpha value is -3.06. The first-order valence-electron chi connectivity index (χ1n) is 7.50. The molecule has 25 heavy (non-hydrogen) atoms. The number of nitrogens with zero attached hydrogens (tertiary/aromatic N) is 3. The van der Waals surface area contributed by atoms with Crippen LogP contribution in [0.5, 0.6) is 11.5 Å². The van der Waals surface area contributed by atoms with Crippen LogP contribution in [-0.2, 0) is 6.54 Å². The summed E-state index contributed by atoms with van der Waals surface area (Å²) in [4.78, 5) is 8.69. The zero-order valence-electron chi connectivity index (χ0n) is 12.9. The molecule has 1 aromatic heterocycles. The van der Waals surface area contributed by atoms with Gasteiger partial charge < -0.3 is 20.0 Å². The number of halogens is 1. The van der Waals surface area contributed by atoms with Crippen molar-refractivity contribution >= 4 is 34.5 Å². The molecule has 0 fully saturated rings. The third kappa shape index (κ3) is 3.14. The number of rotatable bonds is 4. The molecule has 0 amide bonds. The zero-order chi connectivity index (χ0) is 17.2. The highest BCUT2D eigenvalue weighted by molar-refractivity contribution is 6.31. The van der Waals surface area contributed by atoms with Gasteiger partial charge in [0.05, 0.1) is 5.52 Å². The molecule has 0 unspecified atom stereocenters. The number of oxime groups is 1. The molecule has 2 N–H and O–H groups in total. The van der Waals surface area contributed by atoms with E-state index in [0.29, 0.717) is 28.7 Å². The molecule has 3 aromatic rings. The summed E-state index contributed by atoms with van der Waals surface area (Å²) in [5.41, 5.74) is 1.71. The average Bonchev–Trinajstić information content (AvgIpc) is 3.08. The Bertz CT molecular complexity index is 978. The number of fused-ring (bicyclic) bond motifs is 2. The van der Waals surface area contributed by atoms with Crippen LogP contribution >= 0.6 is 11.6 Å². The maximum atomic E-state index is 8.75. The molecule has 0 saturated carbocycles. The van der Waals surface area contributed by atoms with E-state index in [4.69, 9.17) is 26.3 Å². The Morgan fingerprint density at radius 1 is 1.16 bits per heavy atom. The van der Waals surface area contributed by atoms with Crippen molar-refractivity contribution in [3.63, 3.8) is 0 Å². The summed E-state index contributed by atoms with van der Waals surface area (Å²) in [6.45, 7) is 0.760. The lowest BCUT2D eigenvalue weighted by atomic mass is 10.2. The van der Waals surface area contributed by atoms with Crippen LogP contribution in [0.4, 0.5) is 5.82 Å². The average molecular weight is 357 g/mol. The van der Waals surface area contributed by atoms with E-state index in [1.807, 2.05) is 18.2 Å². The van der Waals surface area contributed by atoms with Gasteiger partial charge in [-0.1, -0.05) is 22.8 Å². The van der Waals surface area contributed by atoms with Crippen molar-refractivity contribution in [2.24, 2.45) is 5.16 Å². The first kappa shape index (κ1) is 15.5. The topological polar surface area (TPSA) is 88.9 Å². The normalized spacial score (nSPS) is 12.8. The monoisotopic (exact) mass is 356 g/mol. The van der Waals surface area contributed by atoms with Crippen molar-refractivity contribution in [3.8, 4) is 11.5 Å². The molecule has 7 nitrogen and oxygen atoms in total. The smallest absolute Gasteiger partial charge is 0.231 e. The first-order valence-corrected chi connectivity index (χ1v) is 7.88. The summed E-state index contributed by atoms with van der Waals surface area (Å²) in [6, 6.07) is 11.1. The molecule has 2 heterocycles. The van der Waals surface area contributed by atoms with E-state index in [1.54, 1.807) is 18.2 Å². The van der Waals surface area contributed by atoms with Crippen molar-refractivity contribution in [2.75, 3.05) is 12.1 Å². The standard InChI is InChI=1S/C17H13ClN4O3/c18-11-2-3-13-12(6-11)17(22-16(21-13)8-20-23)19-7-10-1-4-14-15(5-10)25-9-24-14/h1-6,8,23H,7,9H2,(H,19,21,22)/b20-8-. The molecule has 8 heteroatoms. The summed E-state index contributed by atoms with van der Waals surface area (Å²) < 4.78 is 10.7. The van der Waals surface area contributed by atoms with E-state index >= 15 is 0 Å². The van der Waals surface area contributed by atoms with E-state index in [1.165, 1.54) is 6.21 Å². The second kappa shape index (κ2) is 6.45. The fourth-order valence-corrected chi connectivity index (χ4v) is 2.77.